The van der Waals surface area contributed by atoms with Gasteiger partial charge in [-0.05, 0) is 36.4 Å². The number of benzene rings is 2. The van der Waals surface area contributed by atoms with Gasteiger partial charge in [0.25, 0.3) is 0 Å². The van der Waals surface area contributed by atoms with Crippen LogP contribution < -0.4 is 14.8 Å². The van der Waals surface area contributed by atoms with E-state index in [2.05, 4.69) is 5.32 Å². The number of carbonyl (C=O) groups excluding carboxylic acids is 1. The molecule has 0 aliphatic carbocycles. The smallest absolute Gasteiger partial charge is 0.418 e. The SMILES string of the molecule is O=C(/C=C/Nc1ccc(Cl)cc1C(F)(F)F)c1ccc2c(c1)OCO2. The monoisotopic (exact) mass is 369 g/mol. The molecule has 1 aliphatic heterocycles. The Bertz CT molecular complexity index is 850. The van der Waals surface area contributed by atoms with Crippen LogP contribution in [-0.2, 0) is 6.18 Å². The maximum atomic E-state index is 13.0. The van der Waals surface area contributed by atoms with Gasteiger partial charge in [0.15, 0.2) is 17.3 Å². The predicted octanol–water partition coefficient (Wildman–Crippen LogP) is 4.90. The third-order valence-electron chi connectivity index (χ3n) is 3.42. The number of nitrogens with one attached hydrogen (secondary N) is 1. The first-order chi connectivity index (χ1) is 11.8. The van der Waals surface area contributed by atoms with Gasteiger partial charge in [-0.3, -0.25) is 4.79 Å². The van der Waals surface area contributed by atoms with E-state index in [9.17, 15) is 18.0 Å². The van der Waals surface area contributed by atoms with Crippen LogP contribution in [0.1, 0.15) is 15.9 Å². The molecule has 0 spiro atoms. The Morgan fingerprint density at radius 2 is 1.88 bits per heavy atom. The van der Waals surface area contributed by atoms with E-state index >= 15 is 0 Å². The number of halogens is 4. The molecular weight excluding hydrogens is 359 g/mol. The van der Waals surface area contributed by atoms with E-state index in [1.165, 1.54) is 18.2 Å². The van der Waals surface area contributed by atoms with Crippen LogP contribution >= 0.6 is 11.6 Å². The molecule has 0 radical (unpaired) electrons. The van der Waals surface area contributed by atoms with E-state index in [-0.39, 0.29) is 17.5 Å². The third kappa shape index (κ3) is 3.88. The fourth-order valence-electron chi connectivity index (χ4n) is 2.23. The Morgan fingerprint density at radius 1 is 1.12 bits per heavy atom. The lowest BCUT2D eigenvalue weighted by atomic mass is 10.1. The van der Waals surface area contributed by atoms with Crippen LogP contribution in [0.25, 0.3) is 0 Å². The fraction of sp³-hybridized carbons (Fsp3) is 0.118. The van der Waals surface area contributed by atoms with Crippen LogP contribution in [-0.4, -0.2) is 12.6 Å². The van der Waals surface area contributed by atoms with Crippen LogP contribution in [0.3, 0.4) is 0 Å². The largest absolute Gasteiger partial charge is 0.454 e. The molecule has 0 fully saturated rings. The number of ether oxygens (including phenoxy) is 2. The highest BCUT2D eigenvalue weighted by Crippen LogP contribution is 2.36. The molecule has 0 amide bonds. The lowest BCUT2D eigenvalue weighted by molar-refractivity contribution is -0.136. The Labute approximate surface area is 145 Å². The molecule has 2 aromatic carbocycles. The van der Waals surface area contributed by atoms with Crippen LogP contribution in [0.2, 0.25) is 5.02 Å². The van der Waals surface area contributed by atoms with Gasteiger partial charge >= 0.3 is 6.18 Å². The number of ketones is 1. The van der Waals surface area contributed by atoms with Gasteiger partial charge in [0.05, 0.1) is 11.3 Å². The first-order valence-corrected chi connectivity index (χ1v) is 7.46. The van der Waals surface area contributed by atoms with E-state index < -0.39 is 17.5 Å². The number of alkyl halides is 3. The summed E-state index contributed by atoms with van der Waals surface area (Å²) in [5.74, 6) is 0.590. The summed E-state index contributed by atoms with van der Waals surface area (Å²) in [7, 11) is 0. The molecule has 0 saturated heterocycles. The molecule has 0 aromatic heterocycles. The number of fused-ring (bicyclic) bond motifs is 1. The Morgan fingerprint density at radius 3 is 2.64 bits per heavy atom. The molecule has 130 valence electrons. The Hall–Kier alpha value is -2.67. The van der Waals surface area contributed by atoms with Gasteiger partial charge in [-0.15, -0.1) is 0 Å². The summed E-state index contributed by atoms with van der Waals surface area (Å²) in [6.45, 7) is 0.0845. The molecule has 1 N–H and O–H groups in total. The van der Waals surface area contributed by atoms with Crippen molar-refractivity contribution in [3.05, 3.63) is 64.8 Å². The van der Waals surface area contributed by atoms with E-state index in [4.69, 9.17) is 21.1 Å². The minimum atomic E-state index is -4.57. The van der Waals surface area contributed by atoms with Crippen molar-refractivity contribution in [1.29, 1.82) is 0 Å². The second kappa shape index (κ2) is 6.68. The number of hydrogen-bond donors (Lipinski definition) is 1. The molecule has 0 bridgehead atoms. The average molecular weight is 370 g/mol. The van der Waals surface area contributed by atoms with Gasteiger partial charge in [0.2, 0.25) is 6.79 Å². The summed E-state index contributed by atoms with van der Waals surface area (Å²) in [6.07, 6.45) is -2.29. The number of anilines is 1. The Kier molecular flexibility index (Phi) is 4.59. The molecule has 8 heteroatoms. The first kappa shape index (κ1) is 17.2. The van der Waals surface area contributed by atoms with Gasteiger partial charge in [0, 0.05) is 22.9 Å². The average Bonchev–Trinajstić information content (AvgIpc) is 3.02. The topological polar surface area (TPSA) is 47.6 Å². The van der Waals surface area contributed by atoms with Crippen molar-refractivity contribution in [2.24, 2.45) is 0 Å². The minimum absolute atomic E-state index is 0.0294. The third-order valence-corrected chi connectivity index (χ3v) is 3.65. The normalized spacial score (nSPS) is 13.3. The molecule has 4 nitrogen and oxygen atoms in total. The molecule has 2 aromatic rings. The van der Waals surface area contributed by atoms with Crippen molar-refractivity contribution in [3.8, 4) is 11.5 Å². The number of allylic oxidation sites excluding steroid dienone is 1. The summed E-state index contributed by atoms with van der Waals surface area (Å²) in [6, 6.07) is 7.99. The summed E-state index contributed by atoms with van der Waals surface area (Å²) in [5, 5.41) is 2.43. The maximum Gasteiger partial charge on any atom is 0.418 e. The number of hydrogen-bond acceptors (Lipinski definition) is 4. The predicted molar refractivity (Wildman–Crippen MR) is 86.1 cm³/mol. The van der Waals surface area contributed by atoms with Crippen LogP contribution in [0.4, 0.5) is 18.9 Å². The van der Waals surface area contributed by atoms with Crippen LogP contribution in [0.15, 0.2) is 48.7 Å². The Balaban J connectivity index is 1.74. The summed E-state index contributed by atoms with van der Waals surface area (Å²) >= 11 is 5.61. The van der Waals surface area contributed by atoms with Crippen molar-refractivity contribution < 1.29 is 27.4 Å². The van der Waals surface area contributed by atoms with Crippen LogP contribution in [0.5, 0.6) is 11.5 Å². The minimum Gasteiger partial charge on any atom is -0.454 e. The molecule has 25 heavy (non-hydrogen) atoms. The highest BCUT2D eigenvalue weighted by atomic mass is 35.5. The van der Waals surface area contributed by atoms with Gasteiger partial charge in [-0.1, -0.05) is 11.6 Å². The zero-order valence-corrected chi connectivity index (χ0v) is 13.3. The van der Waals surface area contributed by atoms with Crippen molar-refractivity contribution in [1.82, 2.24) is 0 Å². The van der Waals surface area contributed by atoms with E-state index in [1.807, 2.05) is 0 Å². The number of carbonyl (C=O) groups is 1. The van der Waals surface area contributed by atoms with Gasteiger partial charge in [0.1, 0.15) is 0 Å². The highest BCUT2D eigenvalue weighted by Gasteiger charge is 2.33. The van der Waals surface area contributed by atoms with Gasteiger partial charge < -0.3 is 14.8 Å². The second-order valence-corrected chi connectivity index (χ2v) is 5.53. The van der Waals surface area contributed by atoms with Crippen molar-refractivity contribution in [2.75, 3.05) is 12.1 Å². The molecule has 0 atom stereocenters. The highest BCUT2D eigenvalue weighted by molar-refractivity contribution is 6.30. The molecule has 0 saturated carbocycles. The lowest BCUT2D eigenvalue weighted by Crippen LogP contribution is -2.08. The summed E-state index contributed by atoms with van der Waals surface area (Å²) < 4.78 is 49.3. The van der Waals surface area contributed by atoms with Crippen molar-refractivity contribution >= 4 is 23.1 Å². The summed E-state index contributed by atoms with van der Waals surface area (Å²) in [4.78, 5) is 12.1. The van der Waals surface area contributed by atoms with E-state index in [1.54, 1.807) is 12.1 Å². The van der Waals surface area contributed by atoms with Crippen molar-refractivity contribution in [2.45, 2.75) is 6.18 Å². The zero-order valence-electron chi connectivity index (χ0n) is 12.6. The molecular formula is C17H11ClF3NO3. The lowest BCUT2D eigenvalue weighted by Gasteiger charge is -2.12. The maximum absolute atomic E-state index is 13.0. The standard InChI is InChI=1S/C17H11ClF3NO3/c18-11-2-3-13(12(8-11)17(19,20)21)22-6-5-14(23)10-1-4-15-16(7-10)25-9-24-15/h1-8,22H,9H2/b6-5+. The second-order valence-electron chi connectivity index (χ2n) is 5.10. The molecule has 1 aliphatic rings. The molecule has 1 heterocycles. The number of rotatable bonds is 4. The summed E-state index contributed by atoms with van der Waals surface area (Å²) in [5.41, 5.74) is -0.790. The van der Waals surface area contributed by atoms with E-state index in [0.717, 1.165) is 18.3 Å². The quantitative estimate of drug-likeness (QED) is 0.615. The van der Waals surface area contributed by atoms with Gasteiger partial charge in [-0.2, -0.15) is 13.2 Å². The van der Waals surface area contributed by atoms with E-state index in [0.29, 0.717) is 17.1 Å². The first-order valence-electron chi connectivity index (χ1n) is 7.08. The van der Waals surface area contributed by atoms with Crippen LogP contribution in [0, 0.1) is 0 Å². The molecule has 3 rings (SSSR count). The van der Waals surface area contributed by atoms with Crippen molar-refractivity contribution in [3.63, 3.8) is 0 Å². The van der Waals surface area contributed by atoms with Gasteiger partial charge in [-0.25, -0.2) is 0 Å². The zero-order chi connectivity index (χ0) is 18.0. The molecule has 0 unspecified atom stereocenters. The fourth-order valence-corrected chi connectivity index (χ4v) is 2.40.